The largest absolute Gasteiger partial charge is 0.490 e. The Balaban J connectivity index is 0.000000536. The Labute approximate surface area is 172 Å². The highest BCUT2D eigenvalue weighted by Crippen LogP contribution is 2.21. The molecule has 0 radical (unpaired) electrons. The van der Waals surface area contributed by atoms with Crippen molar-refractivity contribution in [2.45, 2.75) is 56.6 Å². The molecule has 1 aromatic heterocycles. The molecule has 176 valence electrons. The predicted molar refractivity (Wildman–Crippen MR) is 91.6 cm³/mol. The lowest BCUT2D eigenvalue weighted by molar-refractivity contribution is -0.193. The number of halogens is 6. The highest BCUT2D eigenvalue weighted by Gasteiger charge is 2.38. The molecule has 4 N–H and O–H groups in total. The molecule has 1 heterocycles. The van der Waals surface area contributed by atoms with E-state index < -0.39 is 30.3 Å². The van der Waals surface area contributed by atoms with Crippen molar-refractivity contribution in [1.29, 1.82) is 0 Å². The summed E-state index contributed by atoms with van der Waals surface area (Å²) >= 11 is 0. The lowest BCUT2D eigenvalue weighted by atomic mass is 10.1. The van der Waals surface area contributed by atoms with Crippen LogP contribution in [0.25, 0.3) is 0 Å². The van der Waals surface area contributed by atoms with Crippen molar-refractivity contribution in [3.05, 3.63) is 30.1 Å². The Hall–Kier alpha value is -2.90. The van der Waals surface area contributed by atoms with E-state index in [0.29, 0.717) is 6.42 Å². The van der Waals surface area contributed by atoms with Gasteiger partial charge in [-0.2, -0.15) is 26.3 Å². The maximum Gasteiger partial charge on any atom is 0.490 e. The van der Waals surface area contributed by atoms with Crippen LogP contribution in [-0.4, -0.2) is 57.6 Å². The summed E-state index contributed by atoms with van der Waals surface area (Å²) in [6.45, 7) is 0. The van der Waals surface area contributed by atoms with Crippen LogP contribution in [-0.2, 0) is 25.5 Å². The molecule has 1 fully saturated rings. The quantitative estimate of drug-likeness (QED) is 0.458. The lowest BCUT2D eigenvalue weighted by Gasteiger charge is -2.15. The van der Waals surface area contributed by atoms with E-state index in [1.807, 2.05) is 12.1 Å². The molecule has 8 nitrogen and oxygen atoms in total. The number of pyridine rings is 1. The maximum atomic E-state index is 11.7. The summed E-state index contributed by atoms with van der Waals surface area (Å²) in [5.41, 5.74) is 6.79. The normalized spacial score (nSPS) is 14.9. The minimum Gasteiger partial charge on any atom is -0.475 e. The van der Waals surface area contributed by atoms with Crippen LogP contribution >= 0.6 is 0 Å². The minimum atomic E-state index is -5.08. The summed E-state index contributed by atoms with van der Waals surface area (Å²) in [5.74, 6) is -5.80. The van der Waals surface area contributed by atoms with Gasteiger partial charge in [0.15, 0.2) is 0 Å². The molecular formula is C17H20F6N2O6. The van der Waals surface area contributed by atoms with Crippen LogP contribution in [0.5, 0.6) is 0 Å². The van der Waals surface area contributed by atoms with Crippen LogP contribution in [0.2, 0.25) is 0 Å². The van der Waals surface area contributed by atoms with E-state index in [2.05, 4.69) is 4.98 Å². The number of aliphatic carboxylic acids is 2. The van der Waals surface area contributed by atoms with Gasteiger partial charge in [-0.3, -0.25) is 9.78 Å². The third-order valence-corrected chi connectivity index (χ3v) is 3.55. The van der Waals surface area contributed by atoms with Crippen molar-refractivity contribution < 1.29 is 55.7 Å². The molecule has 0 spiro atoms. The smallest absolute Gasteiger partial charge is 0.475 e. The van der Waals surface area contributed by atoms with Crippen LogP contribution < -0.4 is 5.73 Å². The van der Waals surface area contributed by atoms with Gasteiger partial charge in [-0.05, 0) is 43.7 Å². The number of aromatic nitrogens is 1. The van der Waals surface area contributed by atoms with Gasteiger partial charge in [0.1, 0.15) is 12.1 Å². The topological polar surface area (TPSA) is 140 Å². The first-order valence-corrected chi connectivity index (χ1v) is 8.59. The summed E-state index contributed by atoms with van der Waals surface area (Å²) in [6, 6.07) is 3.17. The second-order valence-corrected chi connectivity index (χ2v) is 6.12. The first-order chi connectivity index (χ1) is 14.1. The Kier molecular flexibility index (Phi) is 11.5. The Morgan fingerprint density at radius 1 is 1.06 bits per heavy atom. The summed E-state index contributed by atoms with van der Waals surface area (Å²) < 4.78 is 68.8. The molecule has 1 saturated carbocycles. The third kappa shape index (κ3) is 13.1. The van der Waals surface area contributed by atoms with E-state index in [-0.39, 0.29) is 12.1 Å². The summed E-state index contributed by atoms with van der Waals surface area (Å²) in [6.07, 6.45) is -1.92. The number of nitrogens with zero attached hydrogens (tertiary/aromatic N) is 1. The zero-order chi connectivity index (χ0) is 24.2. The summed E-state index contributed by atoms with van der Waals surface area (Å²) in [5, 5.41) is 14.2. The predicted octanol–water partition coefficient (Wildman–Crippen LogP) is 2.70. The van der Waals surface area contributed by atoms with Crippen molar-refractivity contribution in [2.75, 3.05) is 0 Å². The molecule has 1 aliphatic rings. The van der Waals surface area contributed by atoms with E-state index in [1.165, 1.54) is 0 Å². The van der Waals surface area contributed by atoms with E-state index in [9.17, 15) is 31.1 Å². The van der Waals surface area contributed by atoms with Crippen molar-refractivity contribution in [2.24, 2.45) is 5.73 Å². The van der Waals surface area contributed by atoms with Gasteiger partial charge in [-0.1, -0.05) is 6.07 Å². The van der Waals surface area contributed by atoms with Crippen LogP contribution in [0.3, 0.4) is 0 Å². The molecule has 31 heavy (non-hydrogen) atoms. The lowest BCUT2D eigenvalue weighted by Crippen LogP contribution is -2.36. The molecule has 0 amide bonds. The van der Waals surface area contributed by atoms with E-state index in [0.717, 1.165) is 31.2 Å². The number of carbonyl (C=O) groups excluding carboxylic acids is 1. The second kappa shape index (κ2) is 12.7. The molecule has 0 aromatic carbocycles. The highest BCUT2D eigenvalue weighted by atomic mass is 19.4. The van der Waals surface area contributed by atoms with Gasteiger partial charge in [0.2, 0.25) is 0 Å². The van der Waals surface area contributed by atoms with Crippen LogP contribution in [0.4, 0.5) is 26.3 Å². The molecule has 1 aromatic rings. The van der Waals surface area contributed by atoms with Crippen LogP contribution in [0.1, 0.15) is 31.2 Å². The average Bonchev–Trinajstić information content (AvgIpc) is 3.15. The van der Waals surface area contributed by atoms with Gasteiger partial charge in [0, 0.05) is 12.4 Å². The molecule has 0 unspecified atom stereocenters. The van der Waals surface area contributed by atoms with Gasteiger partial charge in [0.25, 0.3) is 0 Å². The van der Waals surface area contributed by atoms with E-state index in [4.69, 9.17) is 30.3 Å². The van der Waals surface area contributed by atoms with Gasteiger partial charge >= 0.3 is 30.3 Å². The van der Waals surface area contributed by atoms with Crippen molar-refractivity contribution in [1.82, 2.24) is 4.98 Å². The molecule has 1 aliphatic carbocycles. The molecular weight excluding hydrogens is 442 g/mol. The minimum absolute atomic E-state index is 0.0856. The fourth-order valence-corrected chi connectivity index (χ4v) is 2.11. The molecule has 1 atom stereocenters. The number of carboxylic acid groups (broad SMARTS) is 2. The van der Waals surface area contributed by atoms with E-state index >= 15 is 0 Å². The Morgan fingerprint density at radius 3 is 1.87 bits per heavy atom. The molecule has 14 heteroatoms. The average molecular weight is 462 g/mol. The summed E-state index contributed by atoms with van der Waals surface area (Å²) in [4.78, 5) is 33.5. The monoisotopic (exact) mass is 462 g/mol. The number of rotatable bonds is 4. The number of carbonyl (C=O) groups is 3. The van der Waals surface area contributed by atoms with E-state index in [1.54, 1.807) is 12.4 Å². The first kappa shape index (κ1) is 28.1. The van der Waals surface area contributed by atoms with Gasteiger partial charge in [-0.25, -0.2) is 9.59 Å². The molecule has 0 saturated heterocycles. The molecule has 0 bridgehead atoms. The fourth-order valence-electron chi connectivity index (χ4n) is 2.11. The van der Waals surface area contributed by atoms with Crippen LogP contribution in [0.15, 0.2) is 24.5 Å². The number of hydrogen-bond acceptors (Lipinski definition) is 6. The van der Waals surface area contributed by atoms with Crippen LogP contribution in [0, 0.1) is 0 Å². The number of nitrogens with two attached hydrogens (primary N) is 1. The maximum absolute atomic E-state index is 11.7. The molecule has 0 aliphatic heterocycles. The van der Waals surface area contributed by atoms with Gasteiger partial charge < -0.3 is 20.7 Å². The van der Waals surface area contributed by atoms with Crippen molar-refractivity contribution >= 4 is 17.9 Å². The zero-order valence-corrected chi connectivity index (χ0v) is 15.8. The second-order valence-electron chi connectivity index (χ2n) is 6.12. The third-order valence-electron chi connectivity index (χ3n) is 3.55. The number of esters is 1. The number of ether oxygens (including phenoxy) is 1. The Bertz CT molecular complexity index is 681. The summed E-state index contributed by atoms with van der Waals surface area (Å²) in [7, 11) is 0. The zero-order valence-electron chi connectivity index (χ0n) is 15.8. The SMILES string of the molecule is N[C@H](Cc1cccnc1)C(=O)OC1CCCC1.O=C(O)C(F)(F)F.O=C(O)C(F)(F)F. The number of hydrogen-bond donors (Lipinski definition) is 3. The molecule has 2 rings (SSSR count). The fraction of sp³-hybridized carbons (Fsp3) is 0.529. The highest BCUT2D eigenvalue weighted by molar-refractivity contribution is 5.76. The Morgan fingerprint density at radius 2 is 1.52 bits per heavy atom. The standard InChI is InChI=1S/C13H18N2O2.2C2HF3O2/c14-12(8-10-4-3-7-15-9-10)13(16)17-11-5-1-2-6-11;2*3-2(4,5)1(6)7/h3-4,7,9,11-12H,1-2,5-6,8,14H2;2*(H,6,7)/t12-;;/m1../s1. The van der Waals surface area contributed by atoms with Crippen molar-refractivity contribution in [3.63, 3.8) is 0 Å². The number of alkyl halides is 6. The number of carboxylic acids is 2. The van der Waals surface area contributed by atoms with Gasteiger partial charge in [-0.15, -0.1) is 0 Å². The first-order valence-electron chi connectivity index (χ1n) is 8.59. The van der Waals surface area contributed by atoms with Gasteiger partial charge in [0.05, 0.1) is 0 Å². The van der Waals surface area contributed by atoms with Crippen molar-refractivity contribution in [3.8, 4) is 0 Å².